The Balaban J connectivity index is 1.72. The average Bonchev–Trinajstić information content (AvgIpc) is 2.84. The summed E-state index contributed by atoms with van der Waals surface area (Å²) in [7, 11) is 0. The molecule has 2 aliphatic rings. The summed E-state index contributed by atoms with van der Waals surface area (Å²) in [5.74, 6) is -2.23. The van der Waals surface area contributed by atoms with Crippen LogP contribution in [0.5, 0.6) is 11.5 Å². The molecule has 0 radical (unpaired) electrons. The fourth-order valence-electron chi connectivity index (χ4n) is 5.81. The molecule has 0 amide bonds. The van der Waals surface area contributed by atoms with Gasteiger partial charge in [0.25, 0.3) is 0 Å². The van der Waals surface area contributed by atoms with Crippen LogP contribution in [-0.4, -0.2) is 79.2 Å². The highest BCUT2D eigenvalue weighted by molar-refractivity contribution is 6.08. The Bertz CT molecular complexity index is 1180. The van der Waals surface area contributed by atoms with E-state index in [0.29, 0.717) is 5.56 Å². The molecule has 2 aromatic carbocycles. The Labute approximate surface area is 214 Å². The number of rotatable bonds is 7. The maximum atomic E-state index is 12.2. The van der Waals surface area contributed by atoms with E-state index in [0.717, 1.165) is 38.2 Å². The van der Waals surface area contributed by atoms with Gasteiger partial charge in [0.1, 0.15) is 35.4 Å². The Kier molecular flexibility index (Phi) is 7.77. The topological polar surface area (TPSA) is 174 Å². The molecule has 10 nitrogen and oxygen atoms in total. The number of phenolic OH excluding ortho intramolecular Hbond substituents is 1. The van der Waals surface area contributed by atoms with Crippen LogP contribution in [0.4, 0.5) is 0 Å². The van der Waals surface area contributed by atoms with Crippen molar-refractivity contribution in [1.29, 1.82) is 0 Å². The molecule has 0 bridgehead atoms. The number of aliphatic hydroxyl groups excluding tert-OH is 3. The lowest BCUT2D eigenvalue weighted by atomic mass is 9.74. The van der Waals surface area contributed by atoms with E-state index in [1.807, 2.05) is 0 Å². The molecule has 0 aromatic heterocycles. The number of fused-ring (bicyclic) bond motifs is 1. The van der Waals surface area contributed by atoms with Crippen LogP contribution in [0, 0.1) is 12.8 Å². The van der Waals surface area contributed by atoms with Crippen LogP contribution in [-0.2, 0) is 4.74 Å². The summed E-state index contributed by atoms with van der Waals surface area (Å²) in [5.41, 5.74) is -1.65. The lowest BCUT2D eigenvalue weighted by molar-refractivity contribution is -0.317. The summed E-state index contributed by atoms with van der Waals surface area (Å²) in [6.07, 6.45) is -1.49. The summed E-state index contributed by atoms with van der Waals surface area (Å²) in [5, 5.41) is 64.1. The summed E-state index contributed by atoms with van der Waals surface area (Å²) in [6.45, 7) is 2.22. The normalized spacial score (nSPS) is 28.8. The largest absolute Gasteiger partial charge is 0.506 e. The second kappa shape index (κ2) is 10.5. The van der Waals surface area contributed by atoms with Crippen LogP contribution in [0.3, 0.4) is 0 Å². The van der Waals surface area contributed by atoms with Crippen molar-refractivity contribution in [2.45, 2.75) is 82.6 Å². The van der Waals surface area contributed by atoms with Gasteiger partial charge in [-0.05, 0) is 49.3 Å². The molecule has 2 fully saturated rings. The highest BCUT2D eigenvalue weighted by Crippen LogP contribution is 2.43. The number of phenols is 1. The summed E-state index contributed by atoms with van der Waals surface area (Å²) >= 11 is 0. The molecule has 1 saturated heterocycles. The number of benzene rings is 2. The third-order valence-electron chi connectivity index (χ3n) is 7.69. The van der Waals surface area contributed by atoms with E-state index >= 15 is 0 Å². The number of aliphatic hydroxyl groups is 4. The van der Waals surface area contributed by atoms with Gasteiger partial charge in [-0.15, -0.1) is 0 Å². The zero-order chi connectivity index (χ0) is 27.1. The van der Waals surface area contributed by atoms with E-state index < -0.39 is 54.3 Å². The Morgan fingerprint density at radius 2 is 1.81 bits per heavy atom. The van der Waals surface area contributed by atoms with Crippen molar-refractivity contribution < 1.29 is 49.7 Å². The number of Topliss-reactive ketones (excluding diaryl/α,β-unsaturated/α-hetero) is 1. The molecule has 1 heterocycles. The fourth-order valence-corrected chi connectivity index (χ4v) is 5.81. The molecule has 37 heavy (non-hydrogen) atoms. The first-order chi connectivity index (χ1) is 17.5. The second-order valence-corrected chi connectivity index (χ2v) is 10.3. The van der Waals surface area contributed by atoms with Crippen molar-refractivity contribution in [3.8, 4) is 11.5 Å². The van der Waals surface area contributed by atoms with Crippen LogP contribution >= 0.6 is 0 Å². The molecule has 6 N–H and O–H groups in total. The lowest BCUT2D eigenvalue weighted by Gasteiger charge is -2.49. The number of carbonyl (C=O) groups excluding carboxylic acids is 1. The molecule has 5 atom stereocenters. The van der Waals surface area contributed by atoms with E-state index in [1.54, 1.807) is 6.92 Å². The molecule has 1 saturated carbocycles. The van der Waals surface area contributed by atoms with E-state index in [9.17, 15) is 40.2 Å². The Morgan fingerprint density at radius 1 is 1.14 bits per heavy atom. The maximum absolute atomic E-state index is 12.2. The Hall–Kier alpha value is -2.76. The predicted molar refractivity (Wildman–Crippen MR) is 132 cm³/mol. The van der Waals surface area contributed by atoms with Gasteiger partial charge in [0.15, 0.2) is 5.78 Å². The molecule has 2 aromatic rings. The van der Waals surface area contributed by atoms with Gasteiger partial charge in [-0.1, -0.05) is 38.2 Å². The molecule has 0 unspecified atom stereocenters. The molecule has 202 valence electrons. The van der Waals surface area contributed by atoms with Crippen molar-refractivity contribution in [3.63, 3.8) is 0 Å². The maximum Gasteiger partial charge on any atom is 0.335 e. The number of carboxylic acid groups (broad SMARTS) is 1. The molecular weight excluding hydrogens is 484 g/mol. The first-order valence-corrected chi connectivity index (χ1v) is 12.5. The molecular formula is C27H34O10. The standard InChI is InChI=1S/C27H34O10/c1-13-8-16-9-17(25(33)34)10-18(21(16)22(30)20(13)14(2)29)36-26-23(31)24(32)27(35,19(12-28)37-26)11-15-6-4-3-5-7-15/h8-10,15,19,23-24,26,28,30-32,35H,3-7,11-12H2,1-2H3,(H,33,34)/t19-,23-,24-,26+,27-/m1/s1. The molecule has 10 heteroatoms. The Morgan fingerprint density at radius 3 is 2.41 bits per heavy atom. The average molecular weight is 519 g/mol. The van der Waals surface area contributed by atoms with Gasteiger partial charge in [0.2, 0.25) is 6.29 Å². The van der Waals surface area contributed by atoms with Gasteiger partial charge >= 0.3 is 5.97 Å². The number of aromatic carboxylic acids is 1. The minimum absolute atomic E-state index is 0.0229. The van der Waals surface area contributed by atoms with Gasteiger partial charge in [-0.2, -0.15) is 0 Å². The van der Waals surface area contributed by atoms with E-state index in [4.69, 9.17) is 9.47 Å². The first-order valence-electron chi connectivity index (χ1n) is 12.5. The molecule has 4 rings (SSSR count). The van der Waals surface area contributed by atoms with Crippen LogP contribution in [0.1, 0.15) is 71.7 Å². The number of carboxylic acids is 1. The quantitative estimate of drug-likeness (QED) is 0.298. The smallest absolute Gasteiger partial charge is 0.335 e. The minimum Gasteiger partial charge on any atom is -0.506 e. The summed E-state index contributed by atoms with van der Waals surface area (Å²) in [4.78, 5) is 23.9. The third kappa shape index (κ3) is 5.04. The fraction of sp³-hybridized carbons (Fsp3) is 0.556. The van der Waals surface area contributed by atoms with E-state index in [2.05, 4.69) is 0 Å². The van der Waals surface area contributed by atoms with Crippen molar-refractivity contribution in [2.24, 2.45) is 5.92 Å². The molecule has 1 aliphatic carbocycles. The van der Waals surface area contributed by atoms with Crippen LogP contribution in [0.2, 0.25) is 0 Å². The number of ether oxygens (including phenoxy) is 2. The van der Waals surface area contributed by atoms with E-state index in [-0.39, 0.29) is 40.0 Å². The van der Waals surface area contributed by atoms with Crippen LogP contribution < -0.4 is 4.74 Å². The van der Waals surface area contributed by atoms with Gasteiger partial charge in [-0.3, -0.25) is 4.79 Å². The van der Waals surface area contributed by atoms with Crippen LogP contribution in [0.15, 0.2) is 18.2 Å². The van der Waals surface area contributed by atoms with Crippen LogP contribution in [0.25, 0.3) is 10.8 Å². The highest BCUT2D eigenvalue weighted by Gasteiger charge is 2.56. The number of carbonyl (C=O) groups is 2. The second-order valence-electron chi connectivity index (χ2n) is 10.3. The zero-order valence-corrected chi connectivity index (χ0v) is 20.9. The predicted octanol–water partition coefficient (Wildman–Crippen LogP) is 2.27. The van der Waals surface area contributed by atoms with Crippen molar-refractivity contribution >= 4 is 22.5 Å². The highest BCUT2D eigenvalue weighted by atomic mass is 16.7. The van der Waals surface area contributed by atoms with Crippen molar-refractivity contribution in [3.05, 3.63) is 34.9 Å². The van der Waals surface area contributed by atoms with Gasteiger partial charge in [-0.25, -0.2) is 4.79 Å². The van der Waals surface area contributed by atoms with Gasteiger partial charge in [0.05, 0.1) is 23.1 Å². The lowest BCUT2D eigenvalue weighted by Crippen LogP contribution is -2.68. The molecule has 1 aliphatic heterocycles. The summed E-state index contributed by atoms with van der Waals surface area (Å²) in [6, 6.07) is 3.97. The SMILES string of the molecule is CC(=O)c1c(C)cc2cc(C(=O)O)cc(O[C@H]3O[C@H](CO)[C@](O)(CC4CCCCC4)[C@H](O)[C@H]3O)c2c1O. The number of aryl methyl sites for hydroxylation is 1. The van der Waals surface area contributed by atoms with Crippen molar-refractivity contribution in [2.75, 3.05) is 6.61 Å². The van der Waals surface area contributed by atoms with E-state index in [1.165, 1.54) is 19.1 Å². The third-order valence-corrected chi connectivity index (χ3v) is 7.69. The van der Waals surface area contributed by atoms with Gasteiger partial charge in [0, 0.05) is 0 Å². The first kappa shape index (κ1) is 27.3. The number of hydrogen-bond donors (Lipinski definition) is 6. The summed E-state index contributed by atoms with van der Waals surface area (Å²) < 4.78 is 11.6. The minimum atomic E-state index is -1.93. The van der Waals surface area contributed by atoms with Crippen molar-refractivity contribution in [1.82, 2.24) is 0 Å². The monoisotopic (exact) mass is 518 g/mol. The van der Waals surface area contributed by atoms with Gasteiger partial charge < -0.3 is 40.1 Å². The number of ketones is 1. The number of hydrogen-bond acceptors (Lipinski definition) is 9. The molecule has 0 spiro atoms. The number of aromatic hydroxyl groups is 1. The zero-order valence-electron chi connectivity index (χ0n) is 20.9.